The van der Waals surface area contributed by atoms with Crippen molar-refractivity contribution in [2.75, 3.05) is 6.54 Å². The summed E-state index contributed by atoms with van der Waals surface area (Å²) >= 11 is 0. The molecule has 128 valence electrons. The number of carbonyl (C=O) groups is 1. The van der Waals surface area contributed by atoms with Gasteiger partial charge in [0.15, 0.2) is 0 Å². The minimum Gasteiger partial charge on any atom is -0.445 e. The average molecular weight is 334 g/mol. The predicted molar refractivity (Wildman–Crippen MR) is 75.5 cm³/mol. The number of carbonyl (C=O) groups excluding carboxylic acids is 1. The second-order valence-electron chi connectivity index (χ2n) is 5.51. The van der Waals surface area contributed by atoms with Crippen molar-refractivity contribution in [3.63, 3.8) is 0 Å². The summed E-state index contributed by atoms with van der Waals surface area (Å²) in [5.74, 6) is -4.03. The molecule has 0 radical (unpaired) electrons. The minimum atomic E-state index is -4.03. The van der Waals surface area contributed by atoms with Crippen LogP contribution < -0.4 is 10.6 Å². The molecule has 4 nitrogen and oxygen atoms in total. The summed E-state index contributed by atoms with van der Waals surface area (Å²) in [6.45, 7) is -0.928. The smallest absolute Gasteiger partial charge is 0.407 e. The summed E-state index contributed by atoms with van der Waals surface area (Å²) in [6.07, 6.45) is -3.47. The summed E-state index contributed by atoms with van der Waals surface area (Å²) in [6, 6.07) is 8.64. The van der Waals surface area contributed by atoms with E-state index < -0.39 is 25.0 Å². The maximum absolute atomic E-state index is 12.7. The van der Waals surface area contributed by atoms with Crippen molar-refractivity contribution in [3.05, 3.63) is 35.9 Å². The lowest BCUT2D eigenvalue weighted by Crippen LogP contribution is -2.55. The van der Waals surface area contributed by atoms with Crippen LogP contribution in [-0.4, -0.2) is 37.1 Å². The third-order valence-corrected chi connectivity index (χ3v) is 3.62. The van der Waals surface area contributed by atoms with Crippen molar-refractivity contribution >= 4 is 6.09 Å². The molecule has 1 aliphatic carbocycles. The van der Waals surface area contributed by atoms with Gasteiger partial charge in [0.1, 0.15) is 6.61 Å². The molecule has 0 saturated heterocycles. The third kappa shape index (κ3) is 5.38. The first-order chi connectivity index (χ1) is 10.9. The molecule has 0 bridgehead atoms. The van der Waals surface area contributed by atoms with Gasteiger partial charge in [-0.3, -0.25) is 0 Å². The Morgan fingerprint density at radius 1 is 1.22 bits per heavy atom. The number of ether oxygens (including phenoxy) is 1. The van der Waals surface area contributed by atoms with E-state index in [1.54, 1.807) is 0 Å². The highest BCUT2D eigenvalue weighted by atomic mass is 19.3. The molecule has 8 heteroatoms. The molecular formula is C15H18F4N2O2. The molecule has 23 heavy (non-hydrogen) atoms. The zero-order valence-corrected chi connectivity index (χ0v) is 12.3. The van der Waals surface area contributed by atoms with E-state index in [4.69, 9.17) is 4.74 Å². The van der Waals surface area contributed by atoms with Gasteiger partial charge in [0.2, 0.25) is 0 Å². The van der Waals surface area contributed by atoms with Gasteiger partial charge in [0.05, 0.1) is 6.54 Å². The first-order valence-corrected chi connectivity index (χ1v) is 7.23. The van der Waals surface area contributed by atoms with Crippen molar-refractivity contribution in [2.24, 2.45) is 0 Å². The van der Waals surface area contributed by atoms with Gasteiger partial charge in [0, 0.05) is 12.1 Å². The first kappa shape index (κ1) is 17.5. The van der Waals surface area contributed by atoms with Crippen LogP contribution in [0.2, 0.25) is 0 Å². The maximum Gasteiger partial charge on any atom is 0.407 e. The van der Waals surface area contributed by atoms with Gasteiger partial charge in [-0.15, -0.1) is 0 Å². The van der Waals surface area contributed by atoms with Crippen LogP contribution in [0.4, 0.5) is 22.4 Å². The Balaban J connectivity index is 1.59. The normalized spacial score (nSPS) is 20.9. The molecule has 2 rings (SSSR count). The van der Waals surface area contributed by atoms with E-state index in [1.165, 1.54) is 0 Å². The van der Waals surface area contributed by atoms with Gasteiger partial charge in [-0.2, -0.15) is 8.78 Å². The van der Waals surface area contributed by atoms with Crippen LogP contribution in [0.3, 0.4) is 0 Å². The SMILES string of the molecule is O=C(NC1CC(NCC(F)(F)C(F)F)C1)OCc1ccccc1. The molecule has 1 aliphatic rings. The van der Waals surface area contributed by atoms with Gasteiger partial charge in [-0.05, 0) is 18.4 Å². The Bertz CT molecular complexity index is 507. The van der Waals surface area contributed by atoms with E-state index in [0.717, 1.165) is 5.56 Å². The fourth-order valence-electron chi connectivity index (χ4n) is 2.19. The molecule has 2 N–H and O–H groups in total. The Hall–Kier alpha value is -1.83. The number of alkyl halides is 4. The highest BCUT2D eigenvalue weighted by molar-refractivity contribution is 5.67. The molecular weight excluding hydrogens is 316 g/mol. The number of nitrogens with one attached hydrogen (secondary N) is 2. The molecule has 1 fully saturated rings. The summed E-state index contributed by atoms with van der Waals surface area (Å²) in [4.78, 5) is 11.6. The van der Waals surface area contributed by atoms with Crippen LogP contribution in [0.15, 0.2) is 30.3 Å². The average Bonchev–Trinajstić information content (AvgIpc) is 2.48. The monoisotopic (exact) mass is 334 g/mol. The highest BCUT2D eigenvalue weighted by Gasteiger charge is 2.42. The second-order valence-corrected chi connectivity index (χ2v) is 5.51. The quantitative estimate of drug-likeness (QED) is 0.754. The molecule has 1 amide bonds. The van der Waals surface area contributed by atoms with Gasteiger partial charge in [-0.1, -0.05) is 30.3 Å². The van der Waals surface area contributed by atoms with E-state index in [-0.39, 0.29) is 18.7 Å². The second kappa shape index (κ2) is 7.63. The number of alkyl carbamates (subject to hydrolysis) is 1. The lowest BCUT2D eigenvalue weighted by Gasteiger charge is -2.36. The van der Waals surface area contributed by atoms with Crippen LogP contribution in [0.1, 0.15) is 18.4 Å². The molecule has 1 saturated carbocycles. The number of benzene rings is 1. The lowest BCUT2D eigenvalue weighted by molar-refractivity contribution is -0.127. The summed E-state index contributed by atoms with van der Waals surface area (Å²) in [7, 11) is 0. The third-order valence-electron chi connectivity index (χ3n) is 3.62. The van der Waals surface area contributed by atoms with Gasteiger partial charge in [0.25, 0.3) is 0 Å². The maximum atomic E-state index is 12.7. The molecule has 0 atom stereocenters. The van der Waals surface area contributed by atoms with Crippen molar-refractivity contribution in [1.82, 2.24) is 10.6 Å². The predicted octanol–water partition coefficient (Wildman–Crippen LogP) is 2.93. The highest BCUT2D eigenvalue weighted by Crippen LogP contribution is 2.25. The number of halogens is 4. The standard InChI is InChI=1S/C15H18F4N2O2/c16-13(17)15(18,19)9-20-11-6-12(7-11)21-14(22)23-8-10-4-2-1-3-5-10/h1-5,11-13,20H,6-9H2,(H,21,22). The van der Waals surface area contributed by atoms with Crippen molar-refractivity contribution in [3.8, 4) is 0 Å². The molecule has 0 spiro atoms. The zero-order valence-electron chi connectivity index (χ0n) is 12.3. The number of hydrogen-bond donors (Lipinski definition) is 2. The largest absolute Gasteiger partial charge is 0.445 e. The van der Waals surface area contributed by atoms with Crippen LogP contribution >= 0.6 is 0 Å². The Morgan fingerprint density at radius 3 is 2.48 bits per heavy atom. The minimum absolute atomic E-state index is 0.141. The van der Waals surface area contributed by atoms with Crippen LogP contribution in [0.5, 0.6) is 0 Å². The molecule has 1 aromatic rings. The fourth-order valence-corrected chi connectivity index (χ4v) is 2.19. The molecule has 0 aromatic heterocycles. The lowest BCUT2D eigenvalue weighted by atomic mass is 9.87. The molecule has 1 aromatic carbocycles. The summed E-state index contributed by atoms with van der Waals surface area (Å²) in [5, 5.41) is 4.98. The Morgan fingerprint density at radius 2 is 1.87 bits per heavy atom. The van der Waals surface area contributed by atoms with E-state index in [0.29, 0.717) is 12.8 Å². The fraction of sp³-hybridized carbons (Fsp3) is 0.533. The number of amides is 1. The van der Waals surface area contributed by atoms with Crippen LogP contribution in [-0.2, 0) is 11.3 Å². The van der Waals surface area contributed by atoms with Crippen molar-refractivity contribution in [2.45, 2.75) is 43.9 Å². The topological polar surface area (TPSA) is 50.4 Å². The zero-order chi connectivity index (χ0) is 16.9. The van der Waals surface area contributed by atoms with Crippen molar-refractivity contribution < 1.29 is 27.1 Å². The Kier molecular flexibility index (Phi) is 5.81. The molecule has 0 heterocycles. The van der Waals surface area contributed by atoms with Gasteiger partial charge < -0.3 is 15.4 Å². The summed E-state index contributed by atoms with van der Waals surface area (Å²) in [5.41, 5.74) is 0.852. The van der Waals surface area contributed by atoms with Crippen LogP contribution in [0, 0.1) is 0 Å². The van der Waals surface area contributed by atoms with E-state index in [1.807, 2.05) is 30.3 Å². The van der Waals surface area contributed by atoms with Crippen molar-refractivity contribution in [1.29, 1.82) is 0 Å². The molecule has 0 aliphatic heterocycles. The first-order valence-electron chi connectivity index (χ1n) is 7.23. The van der Waals surface area contributed by atoms with Gasteiger partial charge in [-0.25, -0.2) is 13.6 Å². The number of rotatable bonds is 7. The van der Waals surface area contributed by atoms with E-state index >= 15 is 0 Å². The number of hydrogen-bond acceptors (Lipinski definition) is 3. The van der Waals surface area contributed by atoms with E-state index in [9.17, 15) is 22.4 Å². The summed E-state index contributed by atoms with van der Waals surface area (Å²) < 4.78 is 54.5. The Labute approximate surface area is 131 Å². The van der Waals surface area contributed by atoms with Gasteiger partial charge >= 0.3 is 18.4 Å². The van der Waals surface area contributed by atoms with Crippen LogP contribution in [0.25, 0.3) is 0 Å². The molecule has 0 unspecified atom stereocenters. The van der Waals surface area contributed by atoms with E-state index in [2.05, 4.69) is 10.6 Å².